The minimum atomic E-state index is -3.92. The van der Waals surface area contributed by atoms with Gasteiger partial charge in [-0.3, -0.25) is 14.9 Å². The highest BCUT2D eigenvalue weighted by molar-refractivity contribution is 6.01. The third-order valence-corrected chi connectivity index (χ3v) is 2.38. The number of nitrogens with zero attached hydrogens (tertiary/aromatic N) is 3. The second kappa shape index (κ2) is 7.08. The number of rotatable bonds is 5. The number of carbonyl (C=O) groups excluding carboxylic acids is 1. The van der Waals surface area contributed by atoms with Crippen LogP contribution in [-0.2, 0) is 4.79 Å². The average Bonchev–Trinajstić information content (AvgIpc) is 2.59. The zero-order chi connectivity index (χ0) is 25.4. The van der Waals surface area contributed by atoms with E-state index in [0.717, 1.165) is 0 Å². The summed E-state index contributed by atoms with van der Waals surface area (Å²) in [5.41, 5.74) is -2.74. The Morgan fingerprint density at radius 3 is 2.68 bits per heavy atom. The van der Waals surface area contributed by atoms with E-state index in [4.69, 9.17) is 13.7 Å². The Hall–Kier alpha value is -3.08. The number of nitro benzene ring substituents is 1. The molecule has 8 heteroatoms. The number of likely N-dealkylation sites (N-methyl/N-ethyl adjacent to an activating group) is 1. The van der Waals surface area contributed by atoms with Crippen molar-refractivity contribution in [3.8, 4) is 17.6 Å². The molecule has 2 N–H and O–H groups in total. The summed E-state index contributed by atoms with van der Waals surface area (Å²) < 4.78 is 74.5. The number of phenolic OH excluding ortho intramolecular Hbond substituents is 2. The highest BCUT2D eigenvalue weighted by Gasteiger charge is 2.20. The lowest BCUT2D eigenvalue weighted by Gasteiger charge is -2.17. The molecular formula is C14H15N3O5. The zero-order valence-electron chi connectivity index (χ0n) is 20.7. The lowest BCUT2D eigenvalue weighted by molar-refractivity contribution is -0.386. The lowest BCUT2D eigenvalue weighted by atomic mass is 10.1. The molecule has 1 aromatic carbocycles. The van der Waals surface area contributed by atoms with E-state index in [9.17, 15) is 30.4 Å². The summed E-state index contributed by atoms with van der Waals surface area (Å²) in [4.78, 5) is 21.9. The van der Waals surface area contributed by atoms with E-state index in [0.29, 0.717) is 18.2 Å². The van der Waals surface area contributed by atoms with Gasteiger partial charge in [-0.2, -0.15) is 5.26 Å². The summed E-state index contributed by atoms with van der Waals surface area (Å²) in [6.45, 7) is -15.3. The zero-order valence-corrected chi connectivity index (χ0v) is 10.7. The molecule has 0 atom stereocenters. The standard InChI is InChI=1S/C14H15N3O5/c1-3-16(4-2)14(20)10(8-15)5-9-6-11(17(21)22)13(19)12(18)7-9/h5-7,18-19H,3-4H2,1-2H3/b10-5-/i1D3,2D3,3D2,4D2. The van der Waals surface area contributed by atoms with Crippen LogP contribution in [0.4, 0.5) is 5.69 Å². The Morgan fingerprint density at radius 1 is 1.55 bits per heavy atom. The van der Waals surface area contributed by atoms with Crippen LogP contribution in [0.25, 0.3) is 6.08 Å². The van der Waals surface area contributed by atoms with Gasteiger partial charge in [-0.25, -0.2) is 0 Å². The summed E-state index contributed by atoms with van der Waals surface area (Å²) in [6.07, 6.45) is 0.493. The van der Waals surface area contributed by atoms with Crippen LogP contribution in [0.3, 0.4) is 0 Å². The third-order valence-electron chi connectivity index (χ3n) is 2.38. The minimum absolute atomic E-state index is 0.472. The molecule has 0 bridgehead atoms. The summed E-state index contributed by atoms with van der Waals surface area (Å²) in [7, 11) is 0. The molecule has 8 nitrogen and oxygen atoms in total. The summed E-state index contributed by atoms with van der Waals surface area (Å²) in [6, 6.07) is 2.47. The van der Waals surface area contributed by atoms with E-state index in [2.05, 4.69) is 0 Å². The van der Waals surface area contributed by atoms with E-state index in [1.54, 1.807) is 0 Å². The molecule has 116 valence electrons. The lowest BCUT2D eigenvalue weighted by Crippen LogP contribution is -2.31. The van der Waals surface area contributed by atoms with Crippen molar-refractivity contribution in [3.63, 3.8) is 0 Å². The van der Waals surface area contributed by atoms with Gasteiger partial charge in [0, 0.05) is 32.8 Å². The fourth-order valence-corrected chi connectivity index (χ4v) is 1.41. The van der Waals surface area contributed by atoms with E-state index >= 15 is 0 Å². The quantitative estimate of drug-likeness (QED) is 0.280. The van der Waals surface area contributed by atoms with E-state index < -0.39 is 70.8 Å². The minimum Gasteiger partial charge on any atom is -0.504 e. The van der Waals surface area contributed by atoms with Crippen molar-refractivity contribution >= 4 is 17.7 Å². The third kappa shape index (κ3) is 3.52. The molecule has 0 radical (unpaired) electrons. The molecule has 0 saturated carbocycles. The first-order valence-corrected chi connectivity index (χ1v) is 5.37. The molecule has 0 aliphatic carbocycles. The number of nitro groups is 1. The average molecular weight is 315 g/mol. The molecule has 0 heterocycles. The fraction of sp³-hybridized carbons (Fsp3) is 0.286. The van der Waals surface area contributed by atoms with Gasteiger partial charge in [0.15, 0.2) is 5.75 Å². The number of hydrogen-bond acceptors (Lipinski definition) is 6. The maximum atomic E-state index is 12.8. The molecule has 1 rings (SSSR count). The molecule has 1 amide bonds. The van der Waals surface area contributed by atoms with Crippen molar-refractivity contribution in [2.24, 2.45) is 0 Å². The summed E-state index contributed by atoms with van der Waals surface area (Å²) >= 11 is 0. The van der Waals surface area contributed by atoms with Gasteiger partial charge in [0.05, 0.1) is 4.92 Å². The predicted octanol–water partition coefficient (Wildman–Crippen LogP) is 1.78. The molecule has 0 spiro atoms. The van der Waals surface area contributed by atoms with Crippen LogP contribution >= 0.6 is 0 Å². The molecule has 0 aromatic heterocycles. The molecule has 1 aromatic rings. The first-order chi connectivity index (χ1) is 14.2. The smallest absolute Gasteiger partial charge is 0.315 e. The van der Waals surface area contributed by atoms with Gasteiger partial charge in [-0.1, -0.05) is 0 Å². The number of nitriles is 1. The summed E-state index contributed by atoms with van der Waals surface area (Å²) in [5.74, 6) is -4.18. The second-order valence-electron chi connectivity index (χ2n) is 3.70. The van der Waals surface area contributed by atoms with Crippen LogP contribution in [0.1, 0.15) is 33.0 Å². The van der Waals surface area contributed by atoms with Crippen LogP contribution in [0.2, 0.25) is 0 Å². The molecule has 0 saturated heterocycles. The number of carbonyl (C=O) groups is 1. The second-order valence-corrected chi connectivity index (χ2v) is 3.70. The van der Waals surface area contributed by atoms with Gasteiger partial charge in [0.25, 0.3) is 5.91 Å². The maximum Gasteiger partial charge on any atom is 0.315 e. The van der Waals surface area contributed by atoms with Crippen LogP contribution < -0.4 is 0 Å². The van der Waals surface area contributed by atoms with Crippen LogP contribution in [-0.4, -0.2) is 38.9 Å². The van der Waals surface area contributed by atoms with Crippen molar-refractivity contribution in [3.05, 3.63) is 33.4 Å². The van der Waals surface area contributed by atoms with E-state index in [1.807, 2.05) is 0 Å². The number of aromatic hydroxyl groups is 2. The van der Waals surface area contributed by atoms with Crippen molar-refractivity contribution in [1.29, 1.82) is 5.26 Å². The van der Waals surface area contributed by atoms with Gasteiger partial charge in [0.2, 0.25) is 5.75 Å². The Bertz CT molecular complexity index is 984. The van der Waals surface area contributed by atoms with Crippen LogP contribution in [0, 0.1) is 21.4 Å². The van der Waals surface area contributed by atoms with E-state index in [1.165, 1.54) is 6.07 Å². The SMILES string of the molecule is [2H]C([2H])([2H])C([2H])([2H])N(C(=O)/C(C#N)=C\c1cc(O)c(O)c([N+](=O)[O-])c1)C([2H])([2H])C([2H])([2H])[2H]. The van der Waals surface area contributed by atoms with Gasteiger partial charge >= 0.3 is 5.69 Å². The molecule has 22 heavy (non-hydrogen) atoms. The Morgan fingerprint density at radius 2 is 2.18 bits per heavy atom. The monoisotopic (exact) mass is 315 g/mol. The fourth-order valence-electron chi connectivity index (χ4n) is 1.41. The Balaban J connectivity index is 3.79. The molecule has 0 unspecified atom stereocenters. The van der Waals surface area contributed by atoms with E-state index in [-0.39, 0.29) is 0 Å². The largest absolute Gasteiger partial charge is 0.504 e. The first-order valence-electron chi connectivity index (χ1n) is 10.4. The van der Waals surface area contributed by atoms with Crippen molar-refractivity contribution in [2.75, 3.05) is 13.0 Å². The van der Waals surface area contributed by atoms with Crippen LogP contribution in [0.15, 0.2) is 17.7 Å². The first kappa shape index (κ1) is 7.26. The van der Waals surface area contributed by atoms with Gasteiger partial charge in [0.1, 0.15) is 11.6 Å². The number of phenols is 2. The Kier molecular flexibility index (Phi) is 2.34. The highest BCUT2D eigenvalue weighted by Crippen LogP contribution is 2.36. The summed E-state index contributed by atoms with van der Waals surface area (Å²) in [5, 5.41) is 39.4. The topological polar surface area (TPSA) is 128 Å². The maximum absolute atomic E-state index is 12.8. The van der Waals surface area contributed by atoms with Crippen molar-refractivity contribution in [1.82, 2.24) is 4.90 Å². The highest BCUT2D eigenvalue weighted by atomic mass is 16.6. The number of benzene rings is 1. The normalized spacial score (nSPS) is 20.0. The molecule has 0 aliphatic heterocycles. The van der Waals surface area contributed by atoms with Gasteiger partial charge < -0.3 is 15.1 Å². The van der Waals surface area contributed by atoms with Gasteiger partial charge in [-0.05, 0) is 31.4 Å². The Labute approximate surface area is 140 Å². The predicted molar refractivity (Wildman–Crippen MR) is 77.9 cm³/mol. The number of amides is 1. The van der Waals surface area contributed by atoms with Gasteiger partial charge in [-0.15, -0.1) is 0 Å². The molecular weight excluding hydrogens is 290 g/mol. The van der Waals surface area contributed by atoms with Crippen LogP contribution in [0.5, 0.6) is 11.5 Å². The van der Waals surface area contributed by atoms with Crippen molar-refractivity contribution < 1.29 is 33.6 Å². The number of hydrogen-bond donors (Lipinski definition) is 2. The molecule has 0 fully saturated rings. The molecule has 0 aliphatic rings. The van der Waals surface area contributed by atoms with Crippen molar-refractivity contribution in [2.45, 2.75) is 13.7 Å².